The van der Waals surface area contributed by atoms with E-state index in [4.69, 9.17) is 5.11 Å². The van der Waals surface area contributed by atoms with Gasteiger partial charge in [0.15, 0.2) is 0 Å². The van der Waals surface area contributed by atoms with Crippen molar-refractivity contribution in [1.82, 2.24) is 0 Å². The number of carboxylic acid groups (broad SMARTS) is 1. The Hall–Kier alpha value is -1.91. The molecule has 3 N–H and O–H groups in total. The van der Waals surface area contributed by atoms with Crippen LogP contribution in [-0.4, -0.2) is 33.5 Å². The Balaban J connectivity index is 3.79. The summed E-state index contributed by atoms with van der Waals surface area (Å²) < 4.78 is 0. The number of carbonyl (C=O) groups is 1. The van der Waals surface area contributed by atoms with Gasteiger partial charge in [0, 0.05) is 6.42 Å². The lowest BCUT2D eigenvalue weighted by Gasteiger charge is -2.14. The number of aliphatic hydroxyl groups excluding tert-OH is 2. The molecule has 26 heavy (non-hydrogen) atoms. The number of aliphatic carboxylic acids is 1. The maximum absolute atomic E-state index is 10.3. The van der Waals surface area contributed by atoms with Gasteiger partial charge >= 0.3 is 5.97 Å². The summed E-state index contributed by atoms with van der Waals surface area (Å²) in [6.07, 6.45) is 23.4. The fourth-order valence-corrected chi connectivity index (χ4v) is 2.09. The molecule has 0 spiro atoms. The van der Waals surface area contributed by atoms with E-state index in [0.29, 0.717) is 25.7 Å². The minimum Gasteiger partial charge on any atom is -0.481 e. The van der Waals surface area contributed by atoms with Crippen molar-refractivity contribution in [3.05, 3.63) is 60.8 Å². The Labute approximate surface area is 157 Å². The molecule has 0 bridgehead atoms. The van der Waals surface area contributed by atoms with Crippen molar-refractivity contribution < 1.29 is 20.1 Å². The second kappa shape index (κ2) is 17.9. The quantitative estimate of drug-likeness (QED) is 0.369. The SMILES string of the molecule is CC/C=C\C/C=C\C/C=C\C[C@H](O)[C@H](O)C/C=C\C/C=C\CCC(=O)O. The topological polar surface area (TPSA) is 77.8 Å². The molecule has 0 fully saturated rings. The highest BCUT2D eigenvalue weighted by Gasteiger charge is 2.12. The van der Waals surface area contributed by atoms with E-state index in [-0.39, 0.29) is 6.42 Å². The Morgan fingerprint density at radius 1 is 0.731 bits per heavy atom. The van der Waals surface area contributed by atoms with Gasteiger partial charge < -0.3 is 15.3 Å². The average Bonchev–Trinajstić information content (AvgIpc) is 2.61. The van der Waals surface area contributed by atoms with E-state index in [1.165, 1.54) is 0 Å². The molecule has 0 rings (SSSR count). The summed E-state index contributed by atoms with van der Waals surface area (Å²) in [6, 6.07) is 0. The van der Waals surface area contributed by atoms with Crippen LogP contribution in [0, 0.1) is 0 Å². The van der Waals surface area contributed by atoms with E-state index in [1.807, 2.05) is 36.5 Å². The van der Waals surface area contributed by atoms with E-state index >= 15 is 0 Å². The lowest BCUT2D eigenvalue weighted by molar-refractivity contribution is -0.136. The van der Waals surface area contributed by atoms with Crippen molar-refractivity contribution in [1.29, 1.82) is 0 Å². The molecule has 0 aromatic carbocycles. The summed E-state index contributed by atoms with van der Waals surface area (Å²) in [4.78, 5) is 10.3. The van der Waals surface area contributed by atoms with Crippen LogP contribution in [0.25, 0.3) is 0 Å². The summed E-state index contributed by atoms with van der Waals surface area (Å²) in [7, 11) is 0. The Kier molecular flexibility index (Phi) is 16.6. The zero-order valence-corrected chi connectivity index (χ0v) is 15.8. The van der Waals surface area contributed by atoms with Gasteiger partial charge in [-0.1, -0.05) is 67.7 Å². The highest BCUT2D eigenvalue weighted by Crippen LogP contribution is 2.06. The van der Waals surface area contributed by atoms with Crippen molar-refractivity contribution >= 4 is 5.97 Å². The largest absolute Gasteiger partial charge is 0.481 e. The molecule has 0 aliphatic heterocycles. The fraction of sp³-hybridized carbons (Fsp3) is 0.500. The van der Waals surface area contributed by atoms with Crippen LogP contribution in [0.1, 0.15) is 58.3 Å². The molecular weight excluding hydrogens is 328 g/mol. The summed E-state index contributed by atoms with van der Waals surface area (Å²) in [5.41, 5.74) is 0. The number of aliphatic hydroxyl groups is 2. The molecule has 0 amide bonds. The molecule has 0 radical (unpaired) electrons. The average molecular weight is 363 g/mol. The van der Waals surface area contributed by atoms with Crippen LogP contribution in [0.4, 0.5) is 0 Å². The molecule has 0 heterocycles. The number of rotatable bonds is 15. The summed E-state index contributed by atoms with van der Waals surface area (Å²) >= 11 is 0. The molecular formula is C22H34O4. The maximum atomic E-state index is 10.3. The zero-order chi connectivity index (χ0) is 19.5. The van der Waals surface area contributed by atoms with Crippen LogP contribution >= 0.6 is 0 Å². The predicted octanol–water partition coefficient (Wildman–Crippen LogP) is 4.71. The van der Waals surface area contributed by atoms with Crippen molar-refractivity contribution in [2.24, 2.45) is 0 Å². The Bertz CT molecular complexity index is 486. The van der Waals surface area contributed by atoms with Gasteiger partial charge in [0.1, 0.15) is 0 Å². The zero-order valence-electron chi connectivity index (χ0n) is 15.8. The van der Waals surface area contributed by atoms with Crippen molar-refractivity contribution in [2.45, 2.75) is 70.5 Å². The predicted molar refractivity (Wildman–Crippen MR) is 108 cm³/mol. The highest BCUT2D eigenvalue weighted by molar-refractivity contribution is 5.66. The third-order valence-electron chi connectivity index (χ3n) is 3.61. The second-order valence-electron chi connectivity index (χ2n) is 6.01. The van der Waals surface area contributed by atoms with E-state index in [0.717, 1.165) is 19.3 Å². The van der Waals surface area contributed by atoms with Gasteiger partial charge in [0.25, 0.3) is 0 Å². The molecule has 4 nitrogen and oxygen atoms in total. The van der Waals surface area contributed by atoms with Crippen LogP contribution in [-0.2, 0) is 4.79 Å². The maximum Gasteiger partial charge on any atom is 0.303 e. The van der Waals surface area contributed by atoms with Gasteiger partial charge in [-0.3, -0.25) is 4.79 Å². The molecule has 0 aliphatic rings. The normalized spacial score (nSPS) is 15.2. The van der Waals surface area contributed by atoms with Crippen molar-refractivity contribution in [3.63, 3.8) is 0 Å². The van der Waals surface area contributed by atoms with Crippen LogP contribution in [0.3, 0.4) is 0 Å². The van der Waals surface area contributed by atoms with Crippen LogP contribution in [0.2, 0.25) is 0 Å². The summed E-state index contributed by atoms with van der Waals surface area (Å²) in [6.45, 7) is 2.11. The fourth-order valence-electron chi connectivity index (χ4n) is 2.09. The smallest absolute Gasteiger partial charge is 0.303 e. The lowest BCUT2D eigenvalue weighted by atomic mass is 10.1. The molecule has 2 atom stereocenters. The standard InChI is InChI=1S/C22H34O4/c1-2-3-4-5-6-7-8-11-14-17-20(23)21(24)18-15-12-9-10-13-16-19-22(25)26/h3-4,6-7,10-15,20-21,23-24H,2,5,8-9,16-19H2,1H3,(H,25,26)/b4-3-,7-6-,13-10-,14-11-,15-12-/t20-,21+/m0/s1. The van der Waals surface area contributed by atoms with E-state index in [9.17, 15) is 15.0 Å². The molecule has 0 aliphatic carbocycles. The van der Waals surface area contributed by atoms with Gasteiger partial charge in [-0.05, 0) is 44.9 Å². The van der Waals surface area contributed by atoms with Gasteiger partial charge in [0.2, 0.25) is 0 Å². The third-order valence-corrected chi connectivity index (χ3v) is 3.61. The molecule has 4 heteroatoms. The molecule has 0 aromatic heterocycles. The molecule has 0 unspecified atom stereocenters. The van der Waals surface area contributed by atoms with Gasteiger partial charge in [-0.25, -0.2) is 0 Å². The van der Waals surface area contributed by atoms with Crippen LogP contribution < -0.4 is 0 Å². The second-order valence-corrected chi connectivity index (χ2v) is 6.01. The van der Waals surface area contributed by atoms with Crippen molar-refractivity contribution in [3.8, 4) is 0 Å². The summed E-state index contributed by atoms with van der Waals surface area (Å²) in [5, 5.41) is 28.3. The summed E-state index contributed by atoms with van der Waals surface area (Å²) in [5.74, 6) is -0.795. The Morgan fingerprint density at radius 3 is 1.62 bits per heavy atom. The van der Waals surface area contributed by atoms with Crippen molar-refractivity contribution in [2.75, 3.05) is 0 Å². The number of allylic oxidation sites excluding steroid dienone is 8. The van der Waals surface area contributed by atoms with E-state index in [1.54, 1.807) is 0 Å². The minimum atomic E-state index is -0.795. The molecule has 146 valence electrons. The van der Waals surface area contributed by atoms with Crippen LogP contribution in [0.5, 0.6) is 0 Å². The van der Waals surface area contributed by atoms with E-state index in [2.05, 4.69) is 31.2 Å². The van der Waals surface area contributed by atoms with Gasteiger partial charge in [0.05, 0.1) is 12.2 Å². The van der Waals surface area contributed by atoms with Gasteiger partial charge in [-0.2, -0.15) is 0 Å². The molecule has 0 aromatic rings. The molecule has 0 saturated heterocycles. The first-order valence-corrected chi connectivity index (χ1v) is 9.40. The minimum absolute atomic E-state index is 0.143. The molecule has 0 saturated carbocycles. The number of carboxylic acids is 1. The number of hydrogen-bond donors (Lipinski definition) is 3. The Morgan fingerprint density at radius 2 is 1.15 bits per heavy atom. The van der Waals surface area contributed by atoms with Gasteiger partial charge in [-0.15, -0.1) is 0 Å². The van der Waals surface area contributed by atoms with E-state index < -0.39 is 18.2 Å². The highest BCUT2D eigenvalue weighted by atomic mass is 16.4. The first-order chi connectivity index (χ1) is 12.6. The lowest BCUT2D eigenvalue weighted by Crippen LogP contribution is -2.24. The number of hydrogen-bond acceptors (Lipinski definition) is 3. The van der Waals surface area contributed by atoms with Crippen LogP contribution in [0.15, 0.2) is 60.8 Å². The first-order valence-electron chi connectivity index (χ1n) is 9.40. The first kappa shape index (κ1) is 24.1. The monoisotopic (exact) mass is 362 g/mol. The third kappa shape index (κ3) is 16.9.